The van der Waals surface area contributed by atoms with Gasteiger partial charge < -0.3 is 15.3 Å². The molecule has 0 unspecified atom stereocenters. The van der Waals surface area contributed by atoms with Crippen molar-refractivity contribution in [2.45, 2.75) is 45.7 Å². The summed E-state index contributed by atoms with van der Waals surface area (Å²) in [6, 6.07) is -4.48. The number of Topliss-reactive ketones (excluding diaryl/α,β-unsaturated/α-hetero) is 1. The summed E-state index contributed by atoms with van der Waals surface area (Å²) in [6.07, 6.45) is -1.44. The summed E-state index contributed by atoms with van der Waals surface area (Å²) in [7, 11) is 1.42. The molecule has 0 saturated heterocycles. The van der Waals surface area contributed by atoms with Crippen molar-refractivity contribution in [3.8, 4) is 0 Å². The number of aliphatic hydroxyl groups excluding tert-OH is 1. The van der Waals surface area contributed by atoms with Crippen molar-refractivity contribution in [3.05, 3.63) is 35.3 Å². The van der Waals surface area contributed by atoms with Crippen molar-refractivity contribution in [3.63, 3.8) is 0 Å². The molecule has 2 N–H and O–H groups in total. The zero-order chi connectivity index (χ0) is 23.8. The molecule has 0 radical (unpaired) electrons. The van der Waals surface area contributed by atoms with Gasteiger partial charge in [0.2, 0.25) is 11.8 Å². The Labute approximate surface area is 161 Å². The fourth-order valence-corrected chi connectivity index (χ4v) is 2.67. The molecule has 1 aliphatic heterocycles. The molecule has 1 aliphatic rings. The van der Waals surface area contributed by atoms with Gasteiger partial charge in [0.1, 0.15) is 12.1 Å². The Morgan fingerprint density at radius 2 is 2.04 bits per heavy atom. The molecule has 6 heteroatoms. The van der Waals surface area contributed by atoms with Crippen LogP contribution in [-0.2, 0) is 20.8 Å². The van der Waals surface area contributed by atoms with Crippen LogP contribution >= 0.6 is 0 Å². The zero-order valence-corrected chi connectivity index (χ0v) is 15.5. The Bertz CT molecular complexity index is 924. The first-order valence-corrected chi connectivity index (χ1v) is 8.62. The summed E-state index contributed by atoms with van der Waals surface area (Å²) in [5, 5.41) is 12.2. The van der Waals surface area contributed by atoms with Crippen LogP contribution in [0.25, 0.3) is 0 Å². The number of amides is 2. The van der Waals surface area contributed by atoms with Crippen LogP contribution in [0.5, 0.6) is 0 Å². The van der Waals surface area contributed by atoms with Gasteiger partial charge in [0, 0.05) is 25.9 Å². The summed E-state index contributed by atoms with van der Waals surface area (Å²) in [6.45, 7) is 4.86. The van der Waals surface area contributed by atoms with Crippen LogP contribution < -0.4 is 5.32 Å². The third kappa shape index (κ3) is 4.49. The molecule has 142 valence electrons. The van der Waals surface area contributed by atoms with Crippen LogP contribution in [0, 0.1) is 11.8 Å². The number of benzene rings is 1. The lowest BCUT2D eigenvalue weighted by molar-refractivity contribution is -0.137. The second-order valence-corrected chi connectivity index (χ2v) is 6.95. The largest absolute Gasteiger partial charge is 0.385 e. The standard InChI is InChI=1S/C20H28N2O4/c1-12(2)18(24)16(23)11-13(3)19(25)21-17-15-8-6-5-7-14(15)9-10-22(4)20(17)26/h5-8,12-13,17-18,24H,9-11H2,1-4H3,(H,21,25)/t13-,17+,18+/m1/s1/i5D,6D,7D,8D,17D. The monoisotopic (exact) mass is 365 g/mol. The summed E-state index contributed by atoms with van der Waals surface area (Å²) in [5.41, 5.74) is -0.195. The second-order valence-electron chi connectivity index (χ2n) is 6.95. The van der Waals surface area contributed by atoms with Crippen LogP contribution in [0.15, 0.2) is 24.2 Å². The van der Waals surface area contributed by atoms with E-state index in [9.17, 15) is 19.5 Å². The number of hydrogen-bond donors (Lipinski definition) is 2. The van der Waals surface area contributed by atoms with Gasteiger partial charge in [-0.1, -0.05) is 44.9 Å². The van der Waals surface area contributed by atoms with Gasteiger partial charge in [-0.25, -0.2) is 0 Å². The third-order valence-electron chi connectivity index (χ3n) is 4.44. The van der Waals surface area contributed by atoms with Crippen molar-refractivity contribution >= 4 is 17.6 Å². The second kappa shape index (κ2) is 8.45. The number of carbonyl (C=O) groups excluding carboxylic acids is 3. The Hall–Kier alpha value is -2.21. The third-order valence-corrected chi connectivity index (χ3v) is 4.44. The highest BCUT2D eigenvalue weighted by molar-refractivity contribution is 5.92. The predicted molar refractivity (Wildman–Crippen MR) is 98.3 cm³/mol. The molecule has 0 aromatic heterocycles. The fourth-order valence-electron chi connectivity index (χ4n) is 2.67. The molecule has 0 aliphatic carbocycles. The van der Waals surface area contributed by atoms with Crippen molar-refractivity contribution in [2.75, 3.05) is 13.6 Å². The molecule has 2 amide bonds. The van der Waals surface area contributed by atoms with Crippen molar-refractivity contribution in [2.24, 2.45) is 11.8 Å². The topological polar surface area (TPSA) is 86.7 Å². The Morgan fingerprint density at radius 3 is 2.69 bits per heavy atom. The summed E-state index contributed by atoms with van der Waals surface area (Å²) in [4.78, 5) is 39.2. The average Bonchev–Trinajstić information content (AvgIpc) is 2.80. The first-order valence-electron chi connectivity index (χ1n) is 11.1. The minimum absolute atomic E-state index is 0.0953. The molecule has 0 saturated carbocycles. The number of hydrogen-bond acceptors (Lipinski definition) is 4. The van der Waals surface area contributed by atoms with Crippen LogP contribution in [0.1, 0.15) is 51.2 Å². The lowest BCUT2D eigenvalue weighted by atomic mass is 9.94. The van der Waals surface area contributed by atoms with Crippen molar-refractivity contribution in [1.82, 2.24) is 10.2 Å². The van der Waals surface area contributed by atoms with Gasteiger partial charge in [-0.15, -0.1) is 0 Å². The molecule has 0 bridgehead atoms. The van der Waals surface area contributed by atoms with E-state index in [4.69, 9.17) is 6.85 Å². The quantitative estimate of drug-likeness (QED) is 0.799. The molecule has 6 nitrogen and oxygen atoms in total. The van der Waals surface area contributed by atoms with Gasteiger partial charge >= 0.3 is 0 Å². The van der Waals surface area contributed by atoms with Crippen LogP contribution in [0.3, 0.4) is 0 Å². The van der Waals surface area contributed by atoms with E-state index < -0.39 is 53.8 Å². The number of fused-ring (bicyclic) bond motifs is 1. The molecule has 26 heavy (non-hydrogen) atoms. The van der Waals surface area contributed by atoms with Crippen LogP contribution in [0.2, 0.25) is 0 Å². The number of likely N-dealkylation sites (N-methyl/N-ethyl adjacent to an activating group) is 1. The molecule has 0 fully saturated rings. The highest BCUT2D eigenvalue weighted by Crippen LogP contribution is 2.25. The van der Waals surface area contributed by atoms with E-state index in [1.807, 2.05) is 0 Å². The lowest BCUT2D eigenvalue weighted by Crippen LogP contribution is -2.43. The van der Waals surface area contributed by atoms with Crippen molar-refractivity contribution in [1.29, 1.82) is 0 Å². The number of rotatable bonds is 6. The normalized spacial score (nSPS) is 25.1. The van der Waals surface area contributed by atoms with Gasteiger partial charge in [-0.3, -0.25) is 14.4 Å². The zero-order valence-electron chi connectivity index (χ0n) is 20.5. The molecular formula is C20H28N2O4. The number of ketones is 1. The number of nitrogens with zero attached hydrogens (tertiary/aromatic N) is 1. The molecule has 0 spiro atoms. The van der Waals surface area contributed by atoms with E-state index in [-0.39, 0.29) is 42.5 Å². The Balaban J connectivity index is 2.48. The molecule has 1 heterocycles. The van der Waals surface area contributed by atoms with E-state index in [1.165, 1.54) is 18.9 Å². The first-order chi connectivity index (χ1) is 14.2. The first kappa shape index (κ1) is 13.9. The average molecular weight is 365 g/mol. The smallest absolute Gasteiger partial charge is 0.249 e. The maximum absolute atomic E-state index is 13.0. The molecular weight excluding hydrogens is 332 g/mol. The minimum Gasteiger partial charge on any atom is -0.385 e. The molecule has 2 rings (SSSR count). The SMILES string of the molecule is [2H]c1c([2H])c([2H])c2c(c1[2H])CCN(C)C(=O)[C@@]2([2H])NC(=O)[C@H](C)CC(=O)[C@@H](O)C(C)C. The molecule has 3 atom stereocenters. The van der Waals surface area contributed by atoms with Crippen molar-refractivity contribution < 1.29 is 26.3 Å². The number of nitrogens with one attached hydrogen (secondary N) is 1. The van der Waals surface area contributed by atoms with Gasteiger partial charge in [0.25, 0.3) is 0 Å². The van der Waals surface area contributed by atoms with Crippen LogP contribution in [0.4, 0.5) is 0 Å². The van der Waals surface area contributed by atoms with Gasteiger partial charge in [0.15, 0.2) is 5.78 Å². The maximum atomic E-state index is 13.0. The highest BCUT2D eigenvalue weighted by Gasteiger charge is 2.32. The number of carbonyl (C=O) groups is 3. The lowest BCUT2D eigenvalue weighted by Gasteiger charge is -2.24. The van der Waals surface area contributed by atoms with Gasteiger partial charge in [0.05, 0.1) is 6.85 Å². The molecule has 1 aromatic rings. The summed E-state index contributed by atoms with van der Waals surface area (Å²) < 4.78 is 41.1. The highest BCUT2D eigenvalue weighted by atomic mass is 16.3. The molecule has 1 aromatic carbocycles. The van der Waals surface area contributed by atoms with Gasteiger partial charge in [-0.05, 0) is 23.5 Å². The van der Waals surface area contributed by atoms with E-state index >= 15 is 0 Å². The summed E-state index contributed by atoms with van der Waals surface area (Å²) in [5.74, 6) is -3.48. The Morgan fingerprint density at radius 1 is 1.38 bits per heavy atom. The van der Waals surface area contributed by atoms with E-state index in [1.54, 1.807) is 13.8 Å². The minimum atomic E-state index is -2.48. The maximum Gasteiger partial charge on any atom is 0.249 e. The fraction of sp³-hybridized carbons (Fsp3) is 0.550. The predicted octanol–water partition coefficient (Wildman–Crippen LogP) is 1.47. The number of aliphatic hydroxyl groups is 1. The Kier molecular flexibility index (Phi) is 4.52. The summed E-state index contributed by atoms with van der Waals surface area (Å²) >= 11 is 0. The van der Waals surface area contributed by atoms with E-state index in [2.05, 4.69) is 5.32 Å². The van der Waals surface area contributed by atoms with E-state index in [0.717, 1.165) is 0 Å². The van der Waals surface area contributed by atoms with Crippen LogP contribution in [-0.4, -0.2) is 47.3 Å². The van der Waals surface area contributed by atoms with Gasteiger partial charge in [-0.2, -0.15) is 0 Å². The van der Waals surface area contributed by atoms with E-state index in [0.29, 0.717) is 0 Å².